The van der Waals surface area contributed by atoms with Crippen LogP contribution in [0.3, 0.4) is 0 Å². The first-order valence-corrected chi connectivity index (χ1v) is 6.81. The van der Waals surface area contributed by atoms with Crippen LogP contribution in [0.4, 0.5) is 0 Å². The van der Waals surface area contributed by atoms with E-state index in [1.165, 1.54) is 0 Å². The predicted molar refractivity (Wildman–Crippen MR) is 76.3 cm³/mol. The lowest BCUT2D eigenvalue weighted by Gasteiger charge is -2.21. The molecule has 1 aliphatic heterocycles. The number of aliphatic hydroxyl groups is 1. The maximum Gasteiger partial charge on any atom is 0.264 e. The van der Waals surface area contributed by atoms with Crippen LogP contribution in [0.1, 0.15) is 25.8 Å². The largest absolute Gasteiger partial charge is 0.394 e. The number of nitrogens with zero attached hydrogens (tertiary/aromatic N) is 1. The molecule has 2 unspecified atom stereocenters. The Kier molecular flexibility index (Phi) is 4.74. The van der Waals surface area contributed by atoms with Gasteiger partial charge in [0.05, 0.1) is 18.4 Å². The minimum atomic E-state index is -0.613. The fourth-order valence-corrected chi connectivity index (χ4v) is 2.02. The summed E-state index contributed by atoms with van der Waals surface area (Å²) >= 11 is 0. The predicted octanol–water partition coefficient (Wildman–Crippen LogP) is 1.31. The molecule has 20 heavy (non-hydrogen) atoms. The minimum absolute atomic E-state index is 0.0808. The van der Waals surface area contributed by atoms with Crippen LogP contribution in [0, 0.1) is 5.92 Å². The first-order valence-electron chi connectivity index (χ1n) is 6.81. The van der Waals surface area contributed by atoms with Gasteiger partial charge in [-0.25, -0.2) is 0 Å². The fourth-order valence-electron chi connectivity index (χ4n) is 2.02. The summed E-state index contributed by atoms with van der Waals surface area (Å²) in [6.45, 7) is 3.81. The molecule has 5 heteroatoms. The second-order valence-electron chi connectivity index (χ2n) is 5.24. The highest BCUT2D eigenvalue weighted by molar-refractivity contribution is 6.04. The second-order valence-corrected chi connectivity index (χ2v) is 5.24. The Labute approximate surface area is 118 Å². The number of hydrogen-bond acceptors (Lipinski definition) is 4. The van der Waals surface area contributed by atoms with Crippen LogP contribution < -0.4 is 5.32 Å². The maximum atomic E-state index is 12.1. The lowest BCUT2D eigenvalue weighted by molar-refractivity contribution is -0.132. The third-order valence-corrected chi connectivity index (χ3v) is 3.40. The molecule has 0 aliphatic carbocycles. The molecule has 0 bridgehead atoms. The second kappa shape index (κ2) is 6.52. The van der Waals surface area contributed by atoms with Crippen molar-refractivity contribution in [2.75, 3.05) is 6.61 Å². The van der Waals surface area contributed by atoms with Crippen LogP contribution in [-0.2, 0) is 9.63 Å². The number of nitrogens with one attached hydrogen (secondary N) is 1. The van der Waals surface area contributed by atoms with Crippen molar-refractivity contribution in [3.8, 4) is 0 Å². The van der Waals surface area contributed by atoms with Gasteiger partial charge in [-0.3, -0.25) is 4.79 Å². The highest BCUT2D eigenvalue weighted by Crippen LogP contribution is 2.17. The number of amides is 1. The first kappa shape index (κ1) is 14.5. The lowest BCUT2D eigenvalue weighted by atomic mass is 10.0. The van der Waals surface area contributed by atoms with Gasteiger partial charge in [0.25, 0.3) is 5.91 Å². The summed E-state index contributed by atoms with van der Waals surface area (Å²) in [5.74, 6) is -0.0627. The molecule has 2 atom stereocenters. The number of rotatable bonds is 5. The Hall–Kier alpha value is -1.88. The molecule has 1 aromatic rings. The standard InChI is InChI=1S/C15H20N2O3/c1-10(2)13(9-18)16-15(19)14-8-12(17-20-14)11-6-4-3-5-7-11/h3-7,10,13-14,18H,8-9H2,1-2H3,(H,16,19). The molecule has 108 valence electrons. The zero-order chi connectivity index (χ0) is 14.5. The number of hydrogen-bond donors (Lipinski definition) is 2. The average Bonchev–Trinajstić information content (AvgIpc) is 2.95. The van der Waals surface area contributed by atoms with Gasteiger partial charge in [-0.05, 0) is 11.5 Å². The summed E-state index contributed by atoms with van der Waals surface area (Å²) in [5, 5.41) is 16.0. The molecule has 2 N–H and O–H groups in total. The zero-order valence-corrected chi connectivity index (χ0v) is 11.7. The zero-order valence-electron chi connectivity index (χ0n) is 11.7. The van der Waals surface area contributed by atoms with Crippen LogP contribution in [-0.4, -0.2) is 35.5 Å². The SMILES string of the molecule is CC(C)C(CO)NC(=O)C1CC(c2ccccc2)=NO1. The molecule has 5 nitrogen and oxygen atoms in total. The van der Waals surface area contributed by atoms with Gasteiger partial charge in [0, 0.05) is 6.42 Å². The molecule has 0 fully saturated rings. The summed E-state index contributed by atoms with van der Waals surface area (Å²) in [6, 6.07) is 9.39. The molecule has 1 aromatic carbocycles. The van der Waals surface area contributed by atoms with Gasteiger partial charge >= 0.3 is 0 Å². The van der Waals surface area contributed by atoms with E-state index in [4.69, 9.17) is 4.84 Å². The van der Waals surface area contributed by atoms with E-state index in [1.807, 2.05) is 44.2 Å². The van der Waals surface area contributed by atoms with E-state index in [2.05, 4.69) is 10.5 Å². The monoisotopic (exact) mass is 276 g/mol. The van der Waals surface area contributed by atoms with Gasteiger partial charge in [0.2, 0.25) is 6.10 Å². The minimum Gasteiger partial charge on any atom is -0.394 e. The Balaban J connectivity index is 1.93. The molecule has 0 saturated carbocycles. The molecule has 0 saturated heterocycles. The molecule has 0 aromatic heterocycles. The summed E-state index contributed by atoms with van der Waals surface area (Å²) in [4.78, 5) is 17.3. The summed E-state index contributed by atoms with van der Waals surface area (Å²) in [7, 11) is 0. The van der Waals surface area contributed by atoms with Crippen LogP contribution in [0.5, 0.6) is 0 Å². The normalized spacial score (nSPS) is 19.4. The maximum absolute atomic E-state index is 12.1. The van der Waals surface area contributed by atoms with Crippen molar-refractivity contribution in [1.82, 2.24) is 5.32 Å². The molecule has 1 aliphatic rings. The number of carbonyl (C=O) groups is 1. The fraction of sp³-hybridized carbons (Fsp3) is 0.467. The van der Waals surface area contributed by atoms with Crippen LogP contribution >= 0.6 is 0 Å². The molecule has 0 spiro atoms. The Morgan fingerprint density at radius 1 is 1.45 bits per heavy atom. The van der Waals surface area contributed by atoms with Crippen molar-refractivity contribution in [3.63, 3.8) is 0 Å². The van der Waals surface area contributed by atoms with E-state index in [1.54, 1.807) is 0 Å². The highest BCUT2D eigenvalue weighted by Gasteiger charge is 2.30. The number of carbonyl (C=O) groups excluding carboxylic acids is 1. The number of aliphatic hydroxyl groups excluding tert-OH is 1. The molecule has 0 radical (unpaired) electrons. The Morgan fingerprint density at radius 3 is 2.75 bits per heavy atom. The molecule has 2 rings (SSSR count). The van der Waals surface area contributed by atoms with Gasteiger partial charge in [-0.1, -0.05) is 49.3 Å². The van der Waals surface area contributed by atoms with E-state index >= 15 is 0 Å². The van der Waals surface area contributed by atoms with Crippen molar-refractivity contribution in [2.45, 2.75) is 32.4 Å². The summed E-state index contributed by atoms with van der Waals surface area (Å²) in [5.41, 5.74) is 1.74. The van der Waals surface area contributed by atoms with E-state index < -0.39 is 6.10 Å². The van der Waals surface area contributed by atoms with Crippen LogP contribution in [0.25, 0.3) is 0 Å². The number of benzene rings is 1. The third-order valence-electron chi connectivity index (χ3n) is 3.40. The van der Waals surface area contributed by atoms with Crippen molar-refractivity contribution >= 4 is 11.6 Å². The highest BCUT2D eigenvalue weighted by atomic mass is 16.6. The molecule has 1 heterocycles. The molecular formula is C15H20N2O3. The third kappa shape index (κ3) is 3.36. The van der Waals surface area contributed by atoms with E-state index in [0.29, 0.717) is 6.42 Å². The smallest absolute Gasteiger partial charge is 0.264 e. The molecular weight excluding hydrogens is 256 g/mol. The van der Waals surface area contributed by atoms with E-state index in [0.717, 1.165) is 11.3 Å². The van der Waals surface area contributed by atoms with Crippen LogP contribution in [0.15, 0.2) is 35.5 Å². The lowest BCUT2D eigenvalue weighted by Crippen LogP contribution is -2.45. The summed E-state index contributed by atoms with van der Waals surface area (Å²) in [6.07, 6.45) is -0.162. The van der Waals surface area contributed by atoms with Gasteiger partial charge in [0.15, 0.2) is 0 Å². The van der Waals surface area contributed by atoms with Gasteiger partial charge in [-0.2, -0.15) is 0 Å². The topological polar surface area (TPSA) is 70.9 Å². The van der Waals surface area contributed by atoms with Gasteiger partial charge in [0.1, 0.15) is 0 Å². The summed E-state index contributed by atoms with van der Waals surface area (Å²) < 4.78 is 0. The van der Waals surface area contributed by atoms with Gasteiger partial charge in [-0.15, -0.1) is 0 Å². The Bertz CT molecular complexity index is 485. The van der Waals surface area contributed by atoms with Crippen molar-refractivity contribution in [2.24, 2.45) is 11.1 Å². The van der Waals surface area contributed by atoms with Crippen LogP contribution in [0.2, 0.25) is 0 Å². The number of oxime groups is 1. The van der Waals surface area contributed by atoms with Crippen molar-refractivity contribution in [3.05, 3.63) is 35.9 Å². The first-order chi connectivity index (χ1) is 9.61. The Morgan fingerprint density at radius 2 is 2.15 bits per heavy atom. The quantitative estimate of drug-likeness (QED) is 0.852. The molecule has 1 amide bonds. The van der Waals surface area contributed by atoms with E-state index in [-0.39, 0.29) is 24.5 Å². The van der Waals surface area contributed by atoms with Gasteiger partial charge < -0.3 is 15.3 Å². The van der Waals surface area contributed by atoms with Crippen molar-refractivity contribution in [1.29, 1.82) is 0 Å². The average molecular weight is 276 g/mol. The van der Waals surface area contributed by atoms with Crippen molar-refractivity contribution < 1.29 is 14.7 Å². The van der Waals surface area contributed by atoms with E-state index in [9.17, 15) is 9.90 Å².